The van der Waals surface area contributed by atoms with E-state index in [0.29, 0.717) is 28.6 Å². The first-order valence-corrected chi connectivity index (χ1v) is 9.12. The molecule has 2 heterocycles. The molecule has 1 aliphatic rings. The van der Waals surface area contributed by atoms with Crippen LogP contribution in [0.4, 0.5) is 5.69 Å². The lowest BCUT2D eigenvalue weighted by Crippen LogP contribution is -2.19. The summed E-state index contributed by atoms with van der Waals surface area (Å²) in [7, 11) is 0. The molecule has 0 saturated carbocycles. The second-order valence-corrected chi connectivity index (χ2v) is 6.69. The number of amides is 1. The van der Waals surface area contributed by atoms with Crippen LogP contribution in [0.15, 0.2) is 58.0 Å². The van der Waals surface area contributed by atoms with Gasteiger partial charge in [0.15, 0.2) is 11.5 Å². The van der Waals surface area contributed by atoms with Gasteiger partial charge < -0.3 is 13.9 Å². The molecule has 10 heteroatoms. The molecule has 2 aromatic carbocycles. The Kier molecular flexibility index (Phi) is 5.36. The average molecular weight is 428 g/mol. The molecular weight excluding hydrogens is 414 g/mol. The number of hydrogen-bond donors (Lipinski definition) is 1. The number of fused-ring (bicyclic) bond motifs is 1. The van der Waals surface area contributed by atoms with Crippen molar-refractivity contribution in [1.29, 1.82) is 0 Å². The van der Waals surface area contributed by atoms with E-state index in [1.807, 2.05) is 0 Å². The van der Waals surface area contributed by atoms with Crippen LogP contribution in [0.25, 0.3) is 11.3 Å². The van der Waals surface area contributed by atoms with Crippen LogP contribution in [0.3, 0.4) is 0 Å². The molecule has 0 spiro atoms. The molecule has 0 fully saturated rings. The number of nitrogens with zero attached hydrogens (tertiary/aromatic N) is 2. The Morgan fingerprint density at radius 1 is 1.17 bits per heavy atom. The number of hydrogen-bond acceptors (Lipinski definition) is 7. The minimum atomic E-state index is -0.526. The maximum Gasteiger partial charge on any atom is 0.270 e. The van der Waals surface area contributed by atoms with E-state index < -0.39 is 4.92 Å². The number of nitro groups is 1. The van der Waals surface area contributed by atoms with Crippen LogP contribution in [-0.4, -0.2) is 23.8 Å². The van der Waals surface area contributed by atoms with Crippen molar-refractivity contribution in [3.8, 4) is 22.8 Å². The fourth-order valence-electron chi connectivity index (χ4n) is 2.83. The van der Waals surface area contributed by atoms with Crippen LogP contribution in [0.1, 0.15) is 11.3 Å². The number of nitrogens with one attached hydrogen (secondary N) is 1. The predicted molar refractivity (Wildman–Crippen MR) is 108 cm³/mol. The number of rotatable bonds is 6. The Morgan fingerprint density at radius 3 is 2.80 bits per heavy atom. The minimum Gasteiger partial charge on any atom is -0.455 e. The quantitative estimate of drug-likeness (QED) is 0.362. The van der Waals surface area contributed by atoms with Gasteiger partial charge in [-0.3, -0.25) is 14.9 Å². The fourth-order valence-corrected chi connectivity index (χ4v) is 3.10. The highest BCUT2D eigenvalue weighted by Crippen LogP contribution is 2.33. The first-order chi connectivity index (χ1) is 14.5. The largest absolute Gasteiger partial charge is 0.455 e. The van der Waals surface area contributed by atoms with E-state index in [-0.39, 0.29) is 29.8 Å². The van der Waals surface area contributed by atoms with Gasteiger partial charge in [0.1, 0.15) is 11.5 Å². The third-order valence-electron chi connectivity index (χ3n) is 4.24. The van der Waals surface area contributed by atoms with Gasteiger partial charge in [-0.05, 0) is 35.9 Å². The average Bonchev–Trinajstić information content (AvgIpc) is 3.37. The first-order valence-electron chi connectivity index (χ1n) is 8.74. The van der Waals surface area contributed by atoms with Crippen molar-refractivity contribution in [3.63, 3.8) is 0 Å². The second kappa shape index (κ2) is 8.26. The van der Waals surface area contributed by atoms with Crippen molar-refractivity contribution in [2.45, 2.75) is 6.42 Å². The van der Waals surface area contributed by atoms with Gasteiger partial charge in [-0.25, -0.2) is 5.43 Å². The summed E-state index contributed by atoms with van der Waals surface area (Å²) in [4.78, 5) is 22.3. The third-order valence-corrected chi connectivity index (χ3v) is 4.55. The molecule has 152 valence electrons. The summed E-state index contributed by atoms with van der Waals surface area (Å²) in [6, 6.07) is 12.7. The van der Waals surface area contributed by atoms with Crippen molar-refractivity contribution in [2.24, 2.45) is 5.10 Å². The van der Waals surface area contributed by atoms with E-state index in [9.17, 15) is 14.9 Å². The number of nitro benzene ring substituents is 1. The van der Waals surface area contributed by atoms with E-state index >= 15 is 0 Å². The Balaban J connectivity index is 1.36. The zero-order valence-electron chi connectivity index (χ0n) is 15.3. The Labute approximate surface area is 175 Å². The summed E-state index contributed by atoms with van der Waals surface area (Å²) < 4.78 is 16.1. The van der Waals surface area contributed by atoms with Gasteiger partial charge in [-0.2, -0.15) is 5.10 Å². The highest BCUT2D eigenvalue weighted by atomic mass is 35.5. The molecule has 3 aromatic rings. The molecule has 0 radical (unpaired) electrons. The Hall–Kier alpha value is -3.85. The molecule has 0 bridgehead atoms. The number of hydrazone groups is 1. The summed E-state index contributed by atoms with van der Waals surface area (Å²) in [5.41, 5.74) is 3.59. The standard InChI is InChI=1S/C20H14ClN3O6/c21-16-9-13(24(26)27)2-4-15(16)17-6-3-14(30-17)10-22-23-20(25)8-12-1-5-18-19(7-12)29-11-28-18/h1-7,9-10H,8,11H2,(H,23,25)/b22-10-. The molecule has 30 heavy (non-hydrogen) atoms. The molecule has 1 N–H and O–H groups in total. The summed E-state index contributed by atoms with van der Waals surface area (Å²) in [5.74, 6) is 1.75. The molecule has 9 nitrogen and oxygen atoms in total. The zero-order chi connectivity index (χ0) is 21.1. The van der Waals surface area contributed by atoms with Gasteiger partial charge in [0, 0.05) is 17.7 Å². The third kappa shape index (κ3) is 4.26. The van der Waals surface area contributed by atoms with E-state index in [2.05, 4.69) is 10.5 Å². The molecule has 0 unspecified atom stereocenters. The van der Waals surface area contributed by atoms with Gasteiger partial charge in [0.2, 0.25) is 12.7 Å². The number of non-ortho nitro benzene ring substituents is 1. The lowest BCUT2D eigenvalue weighted by atomic mass is 10.1. The van der Waals surface area contributed by atoms with E-state index in [1.165, 1.54) is 24.4 Å². The van der Waals surface area contributed by atoms with Gasteiger partial charge in [-0.15, -0.1) is 0 Å². The summed E-state index contributed by atoms with van der Waals surface area (Å²) in [6.45, 7) is 0.172. The van der Waals surface area contributed by atoms with E-state index in [1.54, 1.807) is 30.3 Å². The van der Waals surface area contributed by atoms with Crippen molar-refractivity contribution < 1.29 is 23.6 Å². The van der Waals surface area contributed by atoms with Crippen LogP contribution < -0.4 is 14.9 Å². The van der Waals surface area contributed by atoms with Crippen LogP contribution in [0.5, 0.6) is 11.5 Å². The topological polar surface area (TPSA) is 116 Å². The first kappa shape index (κ1) is 19.5. The summed E-state index contributed by atoms with van der Waals surface area (Å²) in [5, 5.41) is 14.9. The number of ether oxygens (including phenoxy) is 2. The van der Waals surface area contributed by atoms with Crippen molar-refractivity contribution >= 4 is 29.4 Å². The number of carbonyl (C=O) groups excluding carboxylic acids is 1. The molecule has 0 atom stereocenters. The SMILES string of the molecule is O=C(Cc1ccc2c(c1)OCO2)N/N=C\c1ccc(-c2ccc([N+](=O)[O-])cc2Cl)o1. The molecule has 0 saturated heterocycles. The minimum absolute atomic E-state index is 0.109. The maximum absolute atomic E-state index is 12.1. The fraction of sp³-hybridized carbons (Fsp3) is 0.100. The highest BCUT2D eigenvalue weighted by molar-refractivity contribution is 6.33. The van der Waals surface area contributed by atoms with Gasteiger partial charge in [-0.1, -0.05) is 17.7 Å². The van der Waals surface area contributed by atoms with Gasteiger partial charge in [0.25, 0.3) is 5.69 Å². The van der Waals surface area contributed by atoms with Crippen molar-refractivity contribution in [2.75, 3.05) is 6.79 Å². The summed E-state index contributed by atoms with van der Waals surface area (Å²) >= 11 is 6.10. The van der Waals surface area contributed by atoms with Crippen molar-refractivity contribution in [1.82, 2.24) is 5.43 Å². The number of benzene rings is 2. The smallest absolute Gasteiger partial charge is 0.270 e. The second-order valence-electron chi connectivity index (χ2n) is 6.28. The van der Waals surface area contributed by atoms with Crippen LogP contribution in [0.2, 0.25) is 5.02 Å². The van der Waals surface area contributed by atoms with E-state index in [4.69, 9.17) is 25.5 Å². The molecule has 4 rings (SSSR count). The molecule has 0 aliphatic carbocycles. The predicted octanol–water partition coefficient (Wildman–Crippen LogP) is 3.93. The monoisotopic (exact) mass is 427 g/mol. The van der Waals surface area contributed by atoms with Crippen LogP contribution >= 0.6 is 11.6 Å². The lowest BCUT2D eigenvalue weighted by Gasteiger charge is -2.02. The normalized spacial score (nSPS) is 12.3. The van der Waals surface area contributed by atoms with Crippen LogP contribution in [0, 0.1) is 10.1 Å². The van der Waals surface area contributed by atoms with Gasteiger partial charge in [0.05, 0.1) is 22.6 Å². The number of carbonyl (C=O) groups is 1. The Bertz CT molecular complexity index is 1160. The highest BCUT2D eigenvalue weighted by Gasteiger charge is 2.15. The zero-order valence-corrected chi connectivity index (χ0v) is 16.1. The molecule has 1 aromatic heterocycles. The molecular formula is C20H14ClN3O6. The molecule has 1 aliphatic heterocycles. The van der Waals surface area contributed by atoms with Crippen molar-refractivity contribution in [3.05, 3.63) is 75.0 Å². The lowest BCUT2D eigenvalue weighted by molar-refractivity contribution is -0.384. The Morgan fingerprint density at radius 2 is 2.00 bits per heavy atom. The van der Waals surface area contributed by atoms with Crippen LogP contribution in [-0.2, 0) is 11.2 Å². The maximum atomic E-state index is 12.1. The summed E-state index contributed by atoms with van der Waals surface area (Å²) in [6.07, 6.45) is 1.47. The van der Waals surface area contributed by atoms with Gasteiger partial charge >= 0.3 is 0 Å². The number of halogens is 1. The number of furan rings is 1. The molecule has 1 amide bonds. The van der Waals surface area contributed by atoms with E-state index in [0.717, 1.165) is 5.56 Å².